The normalized spacial score (nSPS) is 15.2. The summed E-state index contributed by atoms with van der Waals surface area (Å²) in [4.78, 5) is 31.7. The van der Waals surface area contributed by atoms with Gasteiger partial charge in [0.2, 0.25) is 5.91 Å². The van der Waals surface area contributed by atoms with Crippen molar-refractivity contribution >= 4 is 22.7 Å². The Labute approximate surface area is 143 Å². The summed E-state index contributed by atoms with van der Waals surface area (Å²) in [6.07, 6.45) is 3.22. The Hall–Kier alpha value is -2.96. The average molecular weight is 338 g/mol. The number of aromatic nitrogens is 3. The van der Waals surface area contributed by atoms with E-state index in [9.17, 15) is 9.59 Å². The maximum absolute atomic E-state index is 13.1. The summed E-state index contributed by atoms with van der Waals surface area (Å²) in [6.45, 7) is 4.06. The van der Waals surface area contributed by atoms with E-state index in [1.165, 1.54) is 10.9 Å². The monoisotopic (exact) mass is 338 g/mol. The first-order chi connectivity index (χ1) is 12.1. The number of rotatable bonds is 2. The summed E-state index contributed by atoms with van der Waals surface area (Å²) in [6, 6.07) is 7.24. The topological polar surface area (TPSA) is 81.2 Å². The molecular formula is C18H18N4O3. The molecule has 0 saturated heterocycles. The zero-order valence-corrected chi connectivity index (χ0v) is 14.1. The number of nitrogens with zero attached hydrogens (tertiary/aromatic N) is 4. The van der Waals surface area contributed by atoms with E-state index in [-0.39, 0.29) is 17.2 Å². The first-order valence-corrected chi connectivity index (χ1v) is 8.30. The van der Waals surface area contributed by atoms with Crippen molar-refractivity contribution < 1.29 is 9.32 Å². The van der Waals surface area contributed by atoms with Crippen LogP contribution in [0.5, 0.6) is 0 Å². The van der Waals surface area contributed by atoms with Crippen LogP contribution < -0.4 is 10.5 Å². The molecule has 128 valence electrons. The van der Waals surface area contributed by atoms with Gasteiger partial charge in [0.1, 0.15) is 17.8 Å². The lowest BCUT2D eigenvalue weighted by Gasteiger charge is -2.31. The molecule has 1 aliphatic rings. The van der Waals surface area contributed by atoms with E-state index in [0.29, 0.717) is 17.6 Å². The minimum atomic E-state index is -0.662. The van der Waals surface area contributed by atoms with E-state index in [0.717, 1.165) is 24.1 Å². The molecule has 7 nitrogen and oxygen atoms in total. The molecule has 1 amide bonds. The number of aryl methyl sites for hydroxylation is 2. The first kappa shape index (κ1) is 15.6. The predicted octanol–water partition coefficient (Wildman–Crippen LogP) is 2.23. The maximum atomic E-state index is 13.1. The quantitative estimate of drug-likeness (QED) is 0.716. The van der Waals surface area contributed by atoms with Gasteiger partial charge in [0.05, 0.1) is 5.69 Å². The number of para-hydroxylation sites is 1. The predicted molar refractivity (Wildman–Crippen MR) is 92.6 cm³/mol. The van der Waals surface area contributed by atoms with E-state index in [1.54, 1.807) is 18.7 Å². The fourth-order valence-corrected chi connectivity index (χ4v) is 3.37. The van der Waals surface area contributed by atoms with E-state index < -0.39 is 6.04 Å². The van der Waals surface area contributed by atoms with Crippen LogP contribution >= 0.6 is 0 Å². The molecule has 0 spiro atoms. The highest BCUT2D eigenvalue weighted by molar-refractivity contribution is 5.97. The number of carbonyl (C=O) groups excluding carboxylic acids is 1. The van der Waals surface area contributed by atoms with Crippen molar-refractivity contribution in [3.8, 4) is 0 Å². The fraction of sp³-hybridized carbons (Fsp3) is 0.333. The van der Waals surface area contributed by atoms with Crippen LogP contribution in [0.15, 0.2) is 39.9 Å². The number of hydrogen-bond donors (Lipinski definition) is 0. The van der Waals surface area contributed by atoms with Gasteiger partial charge >= 0.3 is 0 Å². The van der Waals surface area contributed by atoms with E-state index >= 15 is 0 Å². The molecule has 0 fully saturated rings. The summed E-state index contributed by atoms with van der Waals surface area (Å²) in [5.74, 6) is -0.121. The van der Waals surface area contributed by atoms with Gasteiger partial charge in [-0.1, -0.05) is 23.4 Å². The van der Waals surface area contributed by atoms with Gasteiger partial charge in [0, 0.05) is 12.2 Å². The van der Waals surface area contributed by atoms with Gasteiger partial charge in [0.15, 0.2) is 0 Å². The molecule has 3 aromatic rings. The molecule has 0 aliphatic carbocycles. The molecule has 3 heterocycles. The number of amides is 1. The largest absolute Gasteiger partial charge is 0.335 e. The van der Waals surface area contributed by atoms with Crippen molar-refractivity contribution in [3.63, 3.8) is 0 Å². The highest BCUT2D eigenvalue weighted by Gasteiger charge is 2.28. The number of carbonyl (C=O) groups is 1. The average Bonchev–Trinajstić information content (AvgIpc) is 3.02. The Morgan fingerprint density at radius 3 is 2.96 bits per heavy atom. The van der Waals surface area contributed by atoms with Gasteiger partial charge in [0.25, 0.3) is 11.3 Å². The van der Waals surface area contributed by atoms with Crippen molar-refractivity contribution in [1.29, 1.82) is 0 Å². The molecule has 1 aliphatic heterocycles. The number of anilines is 1. The van der Waals surface area contributed by atoms with E-state index in [2.05, 4.69) is 10.1 Å². The Bertz CT molecular complexity index is 1020. The second-order valence-corrected chi connectivity index (χ2v) is 6.30. The zero-order chi connectivity index (χ0) is 17.6. The summed E-state index contributed by atoms with van der Waals surface area (Å²) >= 11 is 0. The summed E-state index contributed by atoms with van der Waals surface area (Å²) in [5.41, 5.74) is 2.44. The number of benzene rings is 1. The lowest BCUT2D eigenvalue weighted by molar-refractivity contribution is -0.121. The zero-order valence-electron chi connectivity index (χ0n) is 14.1. The summed E-state index contributed by atoms with van der Waals surface area (Å²) < 4.78 is 6.37. The Morgan fingerprint density at radius 2 is 2.12 bits per heavy atom. The van der Waals surface area contributed by atoms with Crippen molar-refractivity contribution in [2.45, 2.75) is 32.7 Å². The molecular weight excluding hydrogens is 320 g/mol. The lowest BCUT2D eigenvalue weighted by atomic mass is 10.0. The van der Waals surface area contributed by atoms with E-state index in [4.69, 9.17) is 4.52 Å². The van der Waals surface area contributed by atoms with Gasteiger partial charge in [-0.3, -0.25) is 14.2 Å². The van der Waals surface area contributed by atoms with Crippen LogP contribution in [0.2, 0.25) is 0 Å². The maximum Gasteiger partial charge on any atom is 0.267 e. The van der Waals surface area contributed by atoms with E-state index in [1.807, 2.05) is 24.3 Å². The van der Waals surface area contributed by atoms with Crippen molar-refractivity contribution in [2.24, 2.45) is 0 Å². The smallest absolute Gasteiger partial charge is 0.267 e. The number of hydrogen-bond acceptors (Lipinski definition) is 5. The molecule has 0 bridgehead atoms. The molecule has 0 saturated carbocycles. The van der Waals surface area contributed by atoms with Crippen LogP contribution in [0.25, 0.3) is 11.1 Å². The van der Waals surface area contributed by atoms with Gasteiger partial charge in [-0.05, 0) is 38.3 Å². The molecule has 1 atom stereocenters. The minimum absolute atomic E-state index is 0.121. The van der Waals surface area contributed by atoms with Crippen LogP contribution in [0.1, 0.15) is 30.6 Å². The molecule has 7 heteroatoms. The standard InChI is InChI=1S/C18H18N4O3/c1-11-15-16(25-20-11)19-10-22(18(15)24)12(2)17(23)21-9-5-7-13-6-3-4-8-14(13)21/h3-4,6,8,10,12H,5,7,9H2,1-2H3/t12-/m0/s1. The lowest BCUT2D eigenvalue weighted by Crippen LogP contribution is -2.42. The minimum Gasteiger partial charge on any atom is -0.335 e. The van der Waals surface area contributed by atoms with Gasteiger partial charge in [-0.25, -0.2) is 4.98 Å². The van der Waals surface area contributed by atoms with Crippen LogP contribution in [0.3, 0.4) is 0 Å². The van der Waals surface area contributed by atoms with Crippen LogP contribution in [-0.2, 0) is 11.2 Å². The van der Waals surface area contributed by atoms with Crippen molar-refractivity contribution in [1.82, 2.24) is 14.7 Å². The molecule has 4 rings (SSSR count). The molecule has 0 radical (unpaired) electrons. The van der Waals surface area contributed by atoms with Crippen molar-refractivity contribution in [3.05, 3.63) is 52.2 Å². The third kappa shape index (κ3) is 2.43. The number of fused-ring (bicyclic) bond motifs is 2. The third-order valence-corrected chi connectivity index (χ3v) is 4.74. The molecule has 1 aromatic carbocycles. The van der Waals surface area contributed by atoms with Crippen molar-refractivity contribution in [2.75, 3.05) is 11.4 Å². The summed E-state index contributed by atoms with van der Waals surface area (Å²) in [5, 5.41) is 4.10. The Balaban J connectivity index is 1.74. The molecule has 25 heavy (non-hydrogen) atoms. The van der Waals surface area contributed by atoms with Gasteiger partial charge in [-0.15, -0.1) is 0 Å². The second kappa shape index (κ2) is 5.84. The van der Waals surface area contributed by atoms with Crippen LogP contribution in [0.4, 0.5) is 5.69 Å². The van der Waals surface area contributed by atoms with Gasteiger partial charge < -0.3 is 9.42 Å². The SMILES string of the molecule is Cc1noc2ncn([C@@H](C)C(=O)N3CCCc4ccccc43)c(=O)c12. The summed E-state index contributed by atoms with van der Waals surface area (Å²) in [7, 11) is 0. The molecule has 0 N–H and O–H groups in total. The Kier molecular flexibility index (Phi) is 3.63. The molecule has 2 aromatic heterocycles. The second-order valence-electron chi connectivity index (χ2n) is 6.30. The fourth-order valence-electron chi connectivity index (χ4n) is 3.37. The molecule has 0 unspecified atom stereocenters. The Morgan fingerprint density at radius 1 is 1.32 bits per heavy atom. The van der Waals surface area contributed by atoms with Gasteiger partial charge in [-0.2, -0.15) is 0 Å². The highest BCUT2D eigenvalue weighted by Crippen LogP contribution is 2.28. The van der Waals surface area contributed by atoms with Crippen LogP contribution in [0, 0.1) is 6.92 Å². The third-order valence-electron chi connectivity index (χ3n) is 4.74. The first-order valence-electron chi connectivity index (χ1n) is 8.30. The highest BCUT2D eigenvalue weighted by atomic mass is 16.5. The van der Waals surface area contributed by atoms with Crippen LogP contribution in [-0.4, -0.2) is 27.2 Å².